The molecule has 1 N–H and O–H groups in total. The van der Waals surface area contributed by atoms with Crippen LogP contribution in [-0.4, -0.2) is 11.2 Å². The summed E-state index contributed by atoms with van der Waals surface area (Å²) in [7, 11) is 0. The minimum Gasteiger partial charge on any atom is -0.422 e. The number of nitrogens with zero attached hydrogens (tertiary/aromatic N) is 3. The highest BCUT2D eigenvalue weighted by Crippen LogP contribution is 2.16. The van der Waals surface area contributed by atoms with E-state index in [4.69, 9.17) is 9.68 Å². The summed E-state index contributed by atoms with van der Waals surface area (Å²) in [4.78, 5) is 3.90. The van der Waals surface area contributed by atoms with Crippen molar-refractivity contribution in [1.82, 2.24) is 4.98 Å². The fourth-order valence-electron chi connectivity index (χ4n) is 1.32. The van der Waals surface area contributed by atoms with Gasteiger partial charge in [-0.2, -0.15) is 10.4 Å². The van der Waals surface area contributed by atoms with Crippen molar-refractivity contribution >= 4 is 28.0 Å². The molecule has 0 amide bonds. The van der Waals surface area contributed by atoms with Crippen molar-refractivity contribution in [1.29, 1.82) is 5.26 Å². The average Bonchev–Trinajstić information content (AvgIpc) is 2.72. The van der Waals surface area contributed by atoms with E-state index in [1.54, 1.807) is 13.1 Å². The number of anilines is 1. The van der Waals surface area contributed by atoms with Crippen LogP contribution in [0.5, 0.6) is 0 Å². The molecule has 1 heterocycles. The Labute approximate surface area is 112 Å². The Morgan fingerprint density at radius 1 is 1.50 bits per heavy atom. The Bertz CT molecular complexity index is 627. The minimum atomic E-state index is 0.191. The van der Waals surface area contributed by atoms with E-state index >= 15 is 0 Å². The third-order valence-corrected chi connectivity index (χ3v) is 2.84. The van der Waals surface area contributed by atoms with Crippen LogP contribution in [0.4, 0.5) is 5.88 Å². The van der Waals surface area contributed by atoms with Crippen molar-refractivity contribution in [3.8, 4) is 6.07 Å². The van der Waals surface area contributed by atoms with E-state index in [2.05, 4.69) is 31.4 Å². The molecule has 1 aromatic carbocycles. The summed E-state index contributed by atoms with van der Waals surface area (Å²) < 4.78 is 6.14. The predicted octanol–water partition coefficient (Wildman–Crippen LogP) is 3.06. The number of nitriles is 1. The number of hydrogen-bond donors (Lipinski definition) is 1. The molecule has 0 aliphatic heterocycles. The van der Waals surface area contributed by atoms with Crippen LogP contribution in [0.3, 0.4) is 0 Å². The molecule has 2 aromatic rings. The smallest absolute Gasteiger partial charge is 0.252 e. The van der Waals surface area contributed by atoms with Gasteiger partial charge in [0.25, 0.3) is 5.88 Å². The van der Waals surface area contributed by atoms with Gasteiger partial charge in [0.2, 0.25) is 5.69 Å². The Kier molecular flexibility index (Phi) is 3.75. The van der Waals surface area contributed by atoms with E-state index in [0.29, 0.717) is 5.89 Å². The van der Waals surface area contributed by atoms with Gasteiger partial charge in [-0.1, -0.05) is 34.1 Å². The molecule has 2 rings (SSSR count). The van der Waals surface area contributed by atoms with E-state index in [9.17, 15) is 0 Å². The van der Waals surface area contributed by atoms with Crippen molar-refractivity contribution in [2.75, 3.05) is 5.43 Å². The van der Waals surface area contributed by atoms with Gasteiger partial charge in [0.1, 0.15) is 6.07 Å². The topological polar surface area (TPSA) is 74.2 Å². The normalized spacial score (nSPS) is 10.5. The lowest BCUT2D eigenvalue weighted by molar-refractivity contribution is 0.533. The van der Waals surface area contributed by atoms with Crippen molar-refractivity contribution < 1.29 is 4.42 Å². The monoisotopic (exact) mass is 304 g/mol. The standard InChI is InChI=1S/C12H9BrN4O/c1-8-16-11(6-14)12(18-8)17-15-7-9-4-2-3-5-10(9)13/h2-5,7,17H,1H3/b15-7-. The van der Waals surface area contributed by atoms with E-state index in [-0.39, 0.29) is 11.6 Å². The molecule has 18 heavy (non-hydrogen) atoms. The zero-order valence-electron chi connectivity index (χ0n) is 9.51. The summed E-state index contributed by atoms with van der Waals surface area (Å²) in [6.07, 6.45) is 1.63. The molecule has 0 spiro atoms. The van der Waals surface area contributed by atoms with Crippen LogP contribution in [0, 0.1) is 18.3 Å². The van der Waals surface area contributed by atoms with E-state index in [1.807, 2.05) is 30.3 Å². The van der Waals surface area contributed by atoms with Gasteiger partial charge in [0.15, 0.2) is 5.89 Å². The lowest BCUT2D eigenvalue weighted by Crippen LogP contribution is -1.92. The van der Waals surface area contributed by atoms with Gasteiger partial charge in [-0.05, 0) is 6.07 Å². The predicted molar refractivity (Wildman–Crippen MR) is 71.3 cm³/mol. The second kappa shape index (κ2) is 5.47. The first kappa shape index (κ1) is 12.3. The second-order valence-electron chi connectivity index (χ2n) is 3.41. The second-order valence-corrected chi connectivity index (χ2v) is 4.27. The first-order chi connectivity index (χ1) is 8.70. The summed E-state index contributed by atoms with van der Waals surface area (Å²) in [6, 6.07) is 9.58. The lowest BCUT2D eigenvalue weighted by Gasteiger charge is -1.97. The maximum Gasteiger partial charge on any atom is 0.252 e. The third-order valence-electron chi connectivity index (χ3n) is 2.11. The number of aromatic nitrogens is 1. The van der Waals surface area contributed by atoms with Gasteiger partial charge in [-0.25, -0.2) is 10.4 Å². The number of benzene rings is 1. The highest BCUT2D eigenvalue weighted by Gasteiger charge is 2.08. The highest BCUT2D eigenvalue weighted by atomic mass is 79.9. The Hall–Kier alpha value is -2.13. The van der Waals surface area contributed by atoms with Crippen LogP contribution >= 0.6 is 15.9 Å². The summed E-state index contributed by atoms with van der Waals surface area (Å²) in [6.45, 7) is 1.67. The summed E-state index contributed by atoms with van der Waals surface area (Å²) in [5.74, 6) is 0.670. The van der Waals surface area contributed by atoms with Gasteiger partial charge >= 0.3 is 0 Å². The number of nitrogens with one attached hydrogen (secondary N) is 1. The van der Waals surface area contributed by atoms with Crippen LogP contribution in [-0.2, 0) is 0 Å². The third kappa shape index (κ3) is 2.76. The number of aryl methyl sites for hydroxylation is 1. The Morgan fingerprint density at radius 3 is 3.00 bits per heavy atom. The largest absolute Gasteiger partial charge is 0.422 e. The van der Waals surface area contributed by atoms with E-state index in [1.165, 1.54) is 0 Å². The van der Waals surface area contributed by atoms with Gasteiger partial charge in [0.05, 0.1) is 6.21 Å². The zero-order chi connectivity index (χ0) is 13.0. The lowest BCUT2D eigenvalue weighted by atomic mass is 10.2. The molecule has 1 aromatic heterocycles. The minimum absolute atomic E-state index is 0.191. The molecule has 0 radical (unpaired) electrons. The number of hydrazone groups is 1. The summed E-state index contributed by atoms with van der Waals surface area (Å²) in [5.41, 5.74) is 3.77. The molecule has 0 unspecified atom stereocenters. The maximum absolute atomic E-state index is 8.82. The highest BCUT2D eigenvalue weighted by molar-refractivity contribution is 9.10. The molecule has 6 heteroatoms. The fraction of sp³-hybridized carbons (Fsp3) is 0.0833. The average molecular weight is 305 g/mol. The molecule has 0 aliphatic rings. The molecule has 0 saturated heterocycles. The quantitative estimate of drug-likeness (QED) is 0.698. The molecule has 0 bridgehead atoms. The van der Waals surface area contributed by atoms with Gasteiger partial charge < -0.3 is 4.42 Å². The zero-order valence-corrected chi connectivity index (χ0v) is 11.1. The molecule has 0 saturated carbocycles. The molecular weight excluding hydrogens is 296 g/mol. The Balaban J connectivity index is 2.13. The van der Waals surface area contributed by atoms with Crippen LogP contribution in [0.2, 0.25) is 0 Å². The van der Waals surface area contributed by atoms with Crippen LogP contribution < -0.4 is 5.43 Å². The van der Waals surface area contributed by atoms with Gasteiger partial charge in [-0.15, -0.1) is 0 Å². The molecule has 0 aliphatic carbocycles. The van der Waals surface area contributed by atoms with Crippen LogP contribution in [0.15, 0.2) is 38.3 Å². The molecule has 90 valence electrons. The van der Waals surface area contributed by atoms with Crippen molar-refractivity contribution in [3.63, 3.8) is 0 Å². The summed E-state index contributed by atoms with van der Waals surface area (Å²) >= 11 is 3.41. The van der Waals surface area contributed by atoms with Crippen LogP contribution in [0.25, 0.3) is 0 Å². The maximum atomic E-state index is 8.82. The van der Waals surface area contributed by atoms with Crippen molar-refractivity contribution in [3.05, 3.63) is 45.9 Å². The number of oxazole rings is 1. The van der Waals surface area contributed by atoms with Crippen molar-refractivity contribution in [2.45, 2.75) is 6.92 Å². The number of rotatable bonds is 3. The first-order valence-electron chi connectivity index (χ1n) is 5.12. The number of halogens is 1. The Morgan fingerprint density at radius 2 is 2.28 bits per heavy atom. The van der Waals surface area contributed by atoms with E-state index < -0.39 is 0 Å². The summed E-state index contributed by atoms with van der Waals surface area (Å²) in [5, 5.41) is 12.8. The molecule has 5 nitrogen and oxygen atoms in total. The fourth-order valence-corrected chi connectivity index (χ4v) is 1.71. The molecule has 0 fully saturated rings. The van der Waals surface area contributed by atoms with Crippen LogP contribution in [0.1, 0.15) is 17.1 Å². The molecule has 0 atom stereocenters. The first-order valence-corrected chi connectivity index (χ1v) is 5.91. The van der Waals surface area contributed by atoms with Gasteiger partial charge in [-0.3, -0.25) is 0 Å². The SMILES string of the molecule is Cc1nc(C#N)c(N/N=C\c2ccccc2Br)o1. The molecular formula is C12H9BrN4O. The van der Waals surface area contributed by atoms with Gasteiger partial charge in [0, 0.05) is 17.0 Å². The number of hydrogen-bond acceptors (Lipinski definition) is 5. The van der Waals surface area contributed by atoms with Crippen molar-refractivity contribution in [2.24, 2.45) is 5.10 Å². The van der Waals surface area contributed by atoms with E-state index in [0.717, 1.165) is 10.0 Å².